The Morgan fingerprint density at radius 1 is 0.350 bits per heavy atom. The molecular weight excluding hydrogens is 767 g/mol. The van der Waals surface area contributed by atoms with Crippen LogP contribution in [0.25, 0.3) is 0 Å². The zero-order valence-electron chi connectivity index (χ0n) is 39.2. The molecule has 1 N–H and O–H groups in total. The summed E-state index contributed by atoms with van der Waals surface area (Å²) in [4.78, 5) is 62.6. The summed E-state index contributed by atoms with van der Waals surface area (Å²) in [6.45, 7) is 14.1. The average Bonchev–Trinajstić information content (AvgIpc) is 3.23. The first-order chi connectivity index (χ1) is 28.9. The topological polar surface area (TPSA) is 153 Å². The molecule has 0 spiro atoms. The number of rotatable bonds is 43. The lowest BCUT2D eigenvalue weighted by Gasteiger charge is -2.28. The fourth-order valence-corrected chi connectivity index (χ4v) is 6.31. The van der Waals surface area contributed by atoms with E-state index in [0.717, 1.165) is 128 Å². The van der Waals surface area contributed by atoms with Crippen molar-refractivity contribution < 1.29 is 52.4 Å². The van der Waals surface area contributed by atoms with E-state index in [4.69, 9.17) is 28.4 Å². The summed E-state index contributed by atoms with van der Waals surface area (Å²) in [5.74, 6) is -1.50. The number of unbranched alkanes of at least 4 members (excludes halogenated alkanes) is 16. The van der Waals surface area contributed by atoms with Gasteiger partial charge in [0.05, 0.1) is 23.9 Å². The van der Waals surface area contributed by atoms with Gasteiger partial charge in [0, 0.05) is 38.8 Å². The summed E-state index contributed by atoms with van der Waals surface area (Å²) < 4.78 is 34.0. The molecule has 0 amide bonds. The molecule has 0 rings (SSSR count). The van der Waals surface area contributed by atoms with Crippen molar-refractivity contribution in [3.8, 4) is 0 Å². The van der Waals surface area contributed by atoms with E-state index in [2.05, 4.69) is 33.0 Å². The second kappa shape index (κ2) is 39.1. The van der Waals surface area contributed by atoms with Crippen molar-refractivity contribution in [3.63, 3.8) is 0 Å². The standard InChI is InChI=1S/C48H89NO11/c1-7-11-15-19-23-28-42(50)56-37-47(5,38-57-43(51)29-24-20-16-12-8-2)36-55-35-27-33-49-34-32-46(54)60-41-48(6,39-58-44(52)30-25-21-17-13-9-3)40-59-45(53)31-26-22-18-14-10-4/h49H,7-41H2,1-6H3. The van der Waals surface area contributed by atoms with Gasteiger partial charge in [0.25, 0.3) is 0 Å². The van der Waals surface area contributed by atoms with Crippen LogP contribution in [0.4, 0.5) is 0 Å². The smallest absolute Gasteiger partial charge is 0.307 e. The number of ether oxygens (including phenoxy) is 6. The van der Waals surface area contributed by atoms with Crippen molar-refractivity contribution in [3.05, 3.63) is 0 Å². The molecule has 0 fully saturated rings. The molecule has 0 aromatic rings. The third-order valence-corrected chi connectivity index (χ3v) is 10.4. The first-order valence-corrected chi connectivity index (χ1v) is 24.0. The molecule has 0 atom stereocenters. The summed E-state index contributed by atoms with van der Waals surface area (Å²) >= 11 is 0. The maximum absolute atomic E-state index is 12.7. The largest absolute Gasteiger partial charge is 0.465 e. The van der Waals surface area contributed by atoms with E-state index in [-0.39, 0.29) is 69.9 Å². The fraction of sp³-hybridized carbons (Fsp3) is 0.896. The summed E-state index contributed by atoms with van der Waals surface area (Å²) in [7, 11) is 0. The highest BCUT2D eigenvalue weighted by Gasteiger charge is 2.31. The van der Waals surface area contributed by atoms with Crippen LogP contribution in [0.2, 0.25) is 0 Å². The minimum Gasteiger partial charge on any atom is -0.465 e. The van der Waals surface area contributed by atoms with Gasteiger partial charge in [-0.2, -0.15) is 0 Å². The van der Waals surface area contributed by atoms with Crippen LogP contribution < -0.4 is 5.32 Å². The van der Waals surface area contributed by atoms with E-state index in [1.807, 2.05) is 6.92 Å². The van der Waals surface area contributed by atoms with Crippen LogP contribution in [0.15, 0.2) is 0 Å². The van der Waals surface area contributed by atoms with Crippen LogP contribution in [-0.4, -0.2) is 89.2 Å². The van der Waals surface area contributed by atoms with Gasteiger partial charge in [0.2, 0.25) is 0 Å². The molecule has 0 bridgehead atoms. The monoisotopic (exact) mass is 856 g/mol. The molecule has 352 valence electrons. The van der Waals surface area contributed by atoms with Gasteiger partial charge in [-0.05, 0) is 45.6 Å². The predicted octanol–water partition coefficient (Wildman–Crippen LogP) is 10.5. The number of esters is 5. The lowest BCUT2D eigenvalue weighted by molar-refractivity contribution is -0.161. The van der Waals surface area contributed by atoms with Crippen LogP contribution in [0.1, 0.15) is 208 Å². The Morgan fingerprint density at radius 2 is 0.633 bits per heavy atom. The minimum absolute atomic E-state index is 0.0156. The number of nitrogens with one attached hydrogen (secondary N) is 1. The van der Waals surface area contributed by atoms with Gasteiger partial charge >= 0.3 is 29.8 Å². The summed E-state index contributed by atoms with van der Waals surface area (Å²) in [5, 5.41) is 3.24. The highest BCUT2D eigenvalue weighted by molar-refractivity contribution is 5.71. The SMILES string of the molecule is CCCCCCCC(=O)OCC(C)(COCCCNCCC(=O)OCC(C)(COC(=O)CCCCCCC)COC(=O)CCCCCCC)COC(=O)CCCCCCC. The zero-order chi connectivity index (χ0) is 44.6. The molecule has 0 saturated heterocycles. The molecule has 0 aliphatic rings. The van der Waals surface area contributed by atoms with Crippen LogP contribution in [0.3, 0.4) is 0 Å². The van der Waals surface area contributed by atoms with Crippen LogP contribution >= 0.6 is 0 Å². The highest BCUT2D eigenvalue weighted by Crippen LogP contribution is 2.22. The maximum atomic E-state index is 12.7. The first-order valence-electron chi connectivity index (χ1n) is 24.0. The predicted molar refractivity (Wildman–Crippen MR) is 237 cm³/mol. The molecule has 0 radical (unpaired) electrons. The van der Waals surface area contributed by atoms with E-state index in [9.17, 15) is 24.0 Å². The third-order valence-electron chi connectivity index (χ3n) is 10.4. The molecule has 0 aliphatic heterocycles. The molecule has 60 heavy (non-hydrogen) atoms. The molecule has 0 unspecified atom stereocenters. The van der Waals surface area contributed by atoms with Crippen molar-refractivity contribution in [2.75, 3.05) is 59.3 Å². The second-order valence-corrected chi connectivity index (χ2v) is 17.5. The minimum atomic E-state index is -0.871. The normalized spacial score (nSPS) is 11.6. The van der Waals surface area contributed by atoms with Crippen molar-refractivity contribution in [1.82, 2.24) is 5.32 Å². The van der Waals surface area contributed by atoms with E-state index < -0.39 is 16.8 Å². The van der Waals surface area contributed by atoms with Gasteiger partial charge in [-0.1, -0.05) is 137 Å². The van der Waals surface area contributed by atoms with Crippen molar-refractivity contribution in [2.45, 2.75) is 208 Å². The Kier molecular flexibility index (Phi) is 37.4. The molecular formula is C48H89NO11. The molecule has 12 nitrogen and oxygen atoms in total. The van der Waals surface area contributed by atoms with E-state index in [1.54, 1.807) is 6.92 Å². The molecule has 12 heteroatoms. The van der Waals surface area contributed by atoms with E-state index in [1.165, 1.54) is 0 Å². The van der Waals surface area contributed by atoms with Crippen LogP contribution in [0, 0.1) is 10.8 Å². The third kappa shape index (κ3) is 36.0. The Morgan fingerprint density at radius 3 is 0.950 bits per heavy atom. The molecule has 0 aromatic heterocycles. The maximum Gasteiger partial charge on any atom is 0.307 e. The average molecular weight is 856 g/mol. The summed E-state index contributed by atoms with van der Waals surface area (Å²) in [6, 6.07) is 0. The molecule has 0 saturated carbocycles. The quantitative estimate of drug-likeness (QED) is 0.0353. The van der Waals surface area contributed by atoms with Crippen molar-refractivity contribution in [2.24, 2.45) is 10.8 Å². The fourth-order valence-electron chi connectivity index (χ4n) is 6.31. The zero-order valence-corrected chi connectivity index (χ0v) is 39.2. The summed E-state index contributed by atoms with van der Waals surface area (Å²) in [5.41, 5.74) is -1.55. The lowest BCUT2D eigenvalue weighted by Crippen LogP contribution is -2.37. The number of hydrogen-bond donors (Lipinski definition) is 1. The number of carbonyl (C=O) groups is 5. The van der Waals surface area contributed by atoms with Gasteiger partial charge in [-0.15, -0.1) is 0 Å². The van der Waals surface area contributed by atoms with E-state index in [0.29, 0.717) is 51.8 Å². The first kappa shape index (κ1) is 57.3. The van der Waals surface area contributed by atoms with Crippen molar-refractivity contribution >= 4 is 29.8 Å². The number of carbonyl (C=O) groups excluding carboxylic acids is 5. The Labute approximate surface area is 365 Å². The lowest BCUT2D eigenvalue weighted by atomic mass is 9.94. The van der Waals surface area contributed by atoms with E-state index >= 15 is 0 Å². The Bertz CT molecular complexity index is 1040. The second-order valence-electron chi connectivity index (χ2n) is 17.5. The van der Waals surface area contributed by atoms with Gasteiger partial charge in [-0.3, -0.25) is 24.0 Å². The highest BCUT2D eigenvalue weighted by atomic mass is 16.6. The number of hydrogen-bond acceptors (Lipinski definition) is 12. The molecule has 0 aliphatic carbocycles. The van der Waals surface area contributed by atoms with Crippen LogP contribution in [-0.2, 0) is 52.4 Å². The molecule has 0 heterocycles. The van der Waals surface area contributed by atoms with Gasteiger partial charge in [0.1, 0.15) is 33.0 Å². The summed E-state index contributed by atoms with van der Waals surface area (Å²) in [6.07, 6.45) is 22.9. The van der Waals surface area contributed by atoms with Gasteiger partial charge < -0.3 is 33.7 Å². The van der Waals surface area contributed by atoms with Crippen molar-refractivity contribution in [1.29, 1.82) is 0 Å². The van der Waals surface area contributed by atoms with Gasteiger partial charge in [-0.25, -0.2) is 0 Å². The van der Waals surface area contributed by atoms with Gasteiger partial charge in [0.15, 0.2) is 0 Å². The molecule has 0 aromatic carbocycles. The Hall–Kier alpha value is -2.73. The van der Waals surface area contributed by atoms with Crippen LogP contribution in [0.5, 0.6) is 0 Å². The Balaban J connectivity index is 4.82.